The van der Waals surface area contributed by atoms with Crippen molar-refractivity contribution in [1.29, 1.82) is 0 Å². The van der Waals surface area contributed by atoms with Crippen LogP contribution in [0.2, 0.25) is 0 Å². The molecular weight excluding hydrogens is 296 g/mol. The van der Waals surface area contributed by atoms with Crippen molar-refractivity contribution in [3.05, 3.63) is 53.6 Å². The van der Waals surface area contributed by atoms with E-state index >= 15 is 0 Å². The molecule has 112 valence electrons. The number of tetrazole rings is 1. The summed E-state index contributed by atoms with van der Waals surface area (Å²) >= 11 is 0. The monoisotopic (exact) mass is 305 g/mol. The van der Waals surface area contributed by atoms with Crippen LogP contribution in [0.15, 0.2) is 30.5 Å². The highest BCUT2D eigenvalue weighted by molar-refractivity contribution is 5.92. The molecule has 0 aliphatic heterocycles. The third kappa shape index (κ3) is 2.66. The number of rotatable bonds is 4. The van der Waals surface area contributed by atoms with Gasteiger partial charge >= 0.3 is 0 Å². The third-order valence-corrected chi connectivity index (χ3v) is 2.78. The third-order valence-electron chi connectivity index (χ3n) is 2.78. The van der Waals surface area contributed by atoms with Gasteiger partial charge in [0.15, 0.2) is 23.2 Å². The largest absolute Gasteiger partial charge is 0.343 e. The van der Waals surface area contributed by atoms with Gasteiger partial charge in [-0.05, 0) is 18.2 Å². The van der Waals surface area contributed by atoms with Crippen molar-refractivity contribution in [3.63, 3.8) is 0 Å². The first kappa shape index (κ1) is 13.8. The van der Waals surface area contributed by atoms with E-state index < -0.39 is 17.5 Å². The van der Waals surface area contributed by atoms with Crippen molar-refractivity contribution < 1.29 is 13.6 Å². The number of carbonyl (C=O) groups excluding carboxylic acids is 1. The Morgan fingerprint density at radius 3 is 2.73 bits per heavy atom. The second kappa shape index (κ2) is 5.68. The van der Waals surface area contributed by atoms with E-state index in [1.165, 1.54) is 18.3 Å². The quantitative estimate of drug-likeness (QED) is 0.734. The molecule has 0 aliphatic rings. The number of H-pyrrole nitrogens is 1. The summed E-state index contributed by atoms with van der Waals surface area (Å²) in [5, 5.41) is 19.3. The Morgan fingerprint density at radius 2 is 2.05 bits per heavy atom. The Morgan fingerprint density at radius 1 is 1.27 bits per heavy atom. The lowest BCUT2D eigenvalue weighted by Crippen LogP contribution is -2.24. The maximum Gasteiger partial charge on any atom is 0.272 e. The second-order valence-electron chi connectivity index (χ2n) is 4.23. The molecule has 1 aromatic carbocycles. The molecule has 2 heterocycles. The second-order valence-corrected chi connectivity index (χ2v) is 4.23. The SMILES string of the molecule is O=C(NCc1nn[nH]n1)c1ccn(-c2c(F)cccc2F)n1. The molecule has 0 fully saturated rings. The van der Waals surface area contributed by atoms with E-state index in [1.807, 2.05) is 0 Å². The highest BCUT2D eigenvalue weighted by Gasteiger charge is 2.15. The molecule has 0 unspecified atom stereocenters. The predicted octanol–water partition coefficient (Wildman–Crippen LogP) is 0.594. The number of para-hydroxylation sites is 1. The van der Waals surface area contributed by atoms with Crippen LogP contribution in [0.3, 0.4) is 0 Å². The molecule has 0 saturated heterocycles. The number of aromatic nitrogens is 6. The van der Waals surface area contributed by atoms with Crippen molar-refractivity contribution in [3.8, 4) is 5.69 Å². The summed E-state index contributed by atoms with van der Waals surface area (Å²) in [5.74, 6) is -1.78. The van der Waals surface area contributed by atoms with Gasteiger partial charge in [0.25, 0.3) is 5.91 Å². The molecule has 1 amide bonds. The number of hydrogen-bond donors (Lipinski definition) is 2. The van der Waals surface area contributed by atoms with Gasteiger partial charge in [-0.1, -0.05) is 11.3 Å². The molecule has 3 rings (SSSR count). The summed E-state index contributed by atoms with van der Waals surface area (Å²) in [6, 6.07) is 4.81. The molecule has 2 N–H and O–H groups in total. The van der Waals surface area contributed by atoms with Crippen LogP contribution >= 0.6 is 0 Å². The average molecular weight is 305 g/mol. The first-order valence-electron chi connectivity index (χ1n) is 6.16. The fourth-order valence-corrected chi connectivity index (χ4v) is 1.78. The summed E-state index contributed by atoms with van der Waals surface area (Å²) in [6.07, 6.45) is 1.30. The van der Waals surface area contributed by atoms with E-state index in [-0.39, 0.29) is 17.9 Å². The van der Waals surface area contributed by atoms with Crippen molar-refractivity contribution in [2.45, 2.75) is 6.54 Å². The van der Waals surface area contributed by atoms with Crippen LogP contribution in [0.4, 0.5) is 8.78 Å². The van der Waals surface area contributed by atoms with Gasteiger partial charge < -0.3 is 5.32 Å². The highest BCUT2D eigenvalue weighted by Crippen LogP contribution is 2.16. The van der Waals surface area contributed by atoms with E-state index in [0.29, 0.717) is 5.82 Å². The predicted molar refractivity (Wildman–Crippen MR) is 68.8 cm³/mol. The van der Waals surface area contributed by atoms with Crippen LogP contribution in [0, 0.1) is 11.6 Å². The van der Waals surface area contributed by atoms with Crippen LogP contribution < -0.4 is 5.32 Å². The number of benzene rings is 1. The van der Waals surface area contributed by atoms with Crippen LogP contribution in [0.25, 0.3) is 5.69 Å². The molecule has 0 atom stereocenters. The Bertz CT molecular complexity index is 779. The molecule has 22 heavy (non-hydrogen) atoms. The summed E-state index contributed by atoms with van der Waals surface area (Å²) in [6.45, 7) is 0.0518. The first-order valence-corrected chi connectivity index (χ1v) is 6.16. The standard InChI is InChI=1S/C12H9F2N7O/c13-7-2-1-3-8(14)11(7)21-5-4-9(18-21)12(22)15-6-10-16-19-20-17-10/h1-5H,6H2,(H,15,22)(H,16,17,19,20). The van der Waals surface area contributed by atoms with Gasteiger partial charge in [-0.3, -0.25) is 4.79 Å². The molecule has 0 bridgehead atoms. The maximum atomic E-state index is 13.7. The van der Waals surface area contributed by atoms with Gasteiger partial charge in [0.2, 0.25) is 0 Å². The minimum Gasteiger partial charge on any atom is -0.343 e. The zero-order chi connectivity index (χ0) is 15.5. The number of nitrogens with zero attached hydrogens (tertiary/aromatic N) is 5. The fourth-order valence-electron chi connectivity index (χ4n) is 1.78. The summed E-state index contributed by atoms with van der Waals surface area (Å²) < 4.78 is 28.3. The topological polar surface area (TPSA) is 101 Å². The Labute approximate surface area is 122 Å². The van der Waals surface area contributed by atoms with Gasteiger partial charge in [0, 0.05) is 6.20 Å². The highest BCUT2D eigenvalue weighted by atomic mass is 19.1. The first-order chi connectivity index (χ1) is 10.6. The lowest BCUT2D eigenvalue weighted by atomic mass is 10.3. The lowest BCUT2D eigenvalue weighted by molar-refractivity contribution is 0.0944. The van der Waals surface area contributed by atoms with Crippen LogP contribution in [0.5, 0.6) is 0 Å². The van der Waals surface area contributed by atoms with Gasteiger partial charge in [-0.2, -0.15) is 10.3 Å². The molecule has 0 saturated carbocycles. The van der Waals surface area contributed by atoms with Crippen molar-refractivity contribution in [1.82, 2.24) is 35.7 Å². The molecule has 8 nitrogen and oxygen atoms in total. The molecule has 0 radical (unpaired) electrons. The van der Waals surface area contributed by atoms with Crippen molar-refractivity contribution >= 4 is 5.91 Å². The number of carbonyl (C=O) groups is 1. The van der Waals surface area contributed by atoms with Gasteiger partial charge in [0.1, 0.15) is 5.69 Å². The molecule has 0 aliphatic carbocycles. The van der Waals surface area contributed by atoms with Crippen LogP contribution in [0.1, 0.15) is 16.3 Å². The van der Waals surface area contributed by atoms with E-state index in [1.54, 1.807) is 0 Å². The number of nitrogens with one attached hydrogen (secondary N) is 2. The minimum atomic E-state index is -0.776. The van der Waals surface area contributed by atoms with E-state index in [0.717, 1.165) is 16.8 Å². The number of aromatic amines is 1. The molecule has 3 aromatic rings. The summed E-state index contributed by atoms with van der Waals surface area (Å²) in [7, 11) is 0. The van der Waals surface area contributed by atoms with Crippen LogP contribution in [-0.4, -0.2) is 36.3 Å². The molecular formula is C12H9F2N7O. The summed E-state index contributed by atoms with van der Waals surface area (Å²) in [4.78, 5) is 11.9. The Kier molecular flexibility index (Phi) is 3.56. The van der Waals surface area contributed by atoms with Crippen molar-refractivity contribution in [2.24, 2.45) is 0 Å². The normalized spacial score (nSPS) is 10.6. The van der Waals surface area contributed by atoms with Crippen molar-refractivity contribution in [2.75, 3.05) is 0 Å². The average Bonchev–Trinajstić information content (AvgIpc) is 3.16. The minimum absolute atomic E-state index is 0.00569. The smallest absolute Gasteiger partial charge is 0.272 e. The lowest BCUT2D eigenvalue weighted by Gasteiger charge is -2.04. The molecule has 2 aromatic heterocycles. The Hall–Kier alpha value is -3.17. The van der Waals surface area contributed by atoms with E-state index in [4.69, 9.17) is 0 Å². The van der Waals surface area contributed by atoms with Gasteiger partial charge in [0.05, 0.1) is 6.54 Å². The number of halogens is 2. The molecule has 0 spiro atoms. The fraction of sp³-hybridized carbons (Fsp3) is 0.0833. The molecule has 10 heteroatoms. The van der Waals surface area contributed by atoms with E-state index in [9.17, 15) is 13.6 Å². The number of amides is 1. The zero-order valence-corrected chi connectivity index (χ0v) is 11.0. The van der Waals surface area contributed by atoms with Gasteiger partial charge in [-0.15, -0.1) is 10.2 Å². The van der Waals surface area contributed by atoms with Crippen LogP contribution in [-0.2, 0) is 6.54 Å². The van der Waals surface area contributed by atoms with E-state index in [2.05, 4.69) is 31.0 Å². The maximum absolute atomic E-state index is 13.7. The summed E-state index contributed by atoms with van der Waals surface area (Å²) in [5.41, 5.74) is -0.342. The number of hydrogen-bond acceptors (Lipinski definition) is 5. The van der Waals surface area contributed by atoms with Gasteiger partial charge in [-0.25, -0.2) is 13.5 Å². The zero-order valence-electron chi connectivity index (χ0n) is 11.0. The Balaban J connectivity index is 1.77.